The molecule has 4 rings (SSSR count). The van der Waals surface area contributed by atoms with E-state index in [-0.39, 0.29) is 17.9 Å². The number of benzene rings is 2. The van der Waals surface area contributed by atoms with Gasteiger partial charge in [-0.25, -0.2) is 0 Å². The normalized spacial score (nSPS) is 23.5. The van der Waals surface area contributed by atoms with Crippen molar-refractivity contribution in [2.75, 3.05) is 19.5 Å². The van der Waals surface area contributed by atoms with E-state index in [1.54, 1.807) is 20.3 Å². The summed E-state index contributed by atoms with van der Waals surface area (Å²) in [6.07, 6.45) is 5.19. The Hall–Kier alpha value is -2.93. The fraction of sp³-hybridized carbons (Fsp3) is 0.385. The molecule has 1 aliphatic carbocycles. The maximum absolute atomic E-state index is 12.9. The van der Waals surface area contributed by atoms with Gasteiger partial charge in [0.1, 0.15) is 0 Å². The molecule has 1 aliphatic heterocycles. The van der Waals surface area contributed by atoms with Crippen molar-refractivity contribution in [1.29, 1.82) is 0 Å². The first kappa shape index (κ1) is 23.2. The Morgan fingerprint density at radius 1 is 1.09 bits per heavy atom. The molecule has 2 aliphatic rings. The fourth-order valence-electron chi connectivity index (χ4n) is 4.43. The summed E-state index contributed by atoms with van der Waals surface area (Å²) in [6.45, 7) is 4.46. The van der Waals surface area contributed by atoms with Gasteiger partial charge in [-0.3, -0.25) is 9.59 Å². The maximum Gasteiger partial charge on any atom is 0.262 e. The van der Waals surface area contributed by atoms with Crippen LogP contribution < -0.4 is 20.1 Å². The van der Waals surface area contributed by atoms with Gasteiger partial charge >= 0.3 is 0 Å². The minimum Gasteiger partial charge on any atom is -0.493 e. The highest BCUT2D eigenvalue weighted by Gasteiger charge is 2.29. The van der Waals surface area contributed by atoms with Gasteiger partial charge in [-0.05, 0) is 60.2 Å². The van der Waals surface area contributed by atoms with E-state index < -0.39 is 0 Å². The molecule has 3 atom stereocenters. The first-order chi connectivity index (χ1) is 15.9. The molecule has 33 heavy (non-hydrogen) atoms. The molecule has 3 unspecified atom stereocenters. The van der Waals surface area contributed by atoms with Crippen molar-refractivity contribution in [2.24, 2.45) is 11.8 Å². The van der Waals surface area contributed by atoms with Crippen LogP contribution in [0.5, 0.6) is 11.5 Å². The second kappa shape index (κ2) is 9.91. The highest BCUT2D eigenvalue weighted by atomic mass is 32.2. The first-order valence-corrected chi connectivity index (χ1v) is 12.1. The van der Waals surface area contributed by atoms with Gasteiger partial charge in [0.15, 0.2) is 11.5 Å². The van der Waals surface area contributed by atoms with Crippen molar-refractivity contribution in [3.05, 3.63) is 52.4 Å². The summed E-state index contributed by atoms with van der Waals surface area (Å²) in [5, 5.41) is 6.14. The zero-order valence-electron chi connectivity index (χ0n) is 19.4. The van der Waals surface area contributed by atoms with E-state index in [9.17, 15) is 9.59 Å². The second-order valence-electron chi connectivity index (χ2n) is 8.74. The van der Waals surface area contributed by atoms with Crippen molar-refractivity contribution < 1.29 is 19.1 Å². The van der Waals surface area contributed by atoms with Crippen molar-refractivity contribution in [2.45, 2.75) is 44.0 Å². The number of hydrogen-bond donors (Lipinski definition) is 2. The number of ether oxygens (including phenoxy) is 2. The zero-order chi connectivity index (χ0) is 23.5. The van der Waals surface area contributed by atoms with Crippen LogP contribution in [-0.4, -0.2) is 32.1 Å². The number of hydrogen-bond acceptors (Lipinski definition) is 5. The van der Waals surface area contributed by atoms with Crippen LogP contribution in [0.25, 0.3) is 6.08 Å². The molecule has 1 heterocycles. The summed E-state index contributed by atoms with van der Waals surface area (Å²) in [5.41, 5.74) is 2.06. The van der Waals surface area contributed by atoms with Gasteiger partial charge in [-0.15, -0.1) is 0 Å². The molecule has 2 amide bonds. The quantitative estimate of drug-likeness (QED) is 0.582. The van der Waals surface area contributed by atoms with Crippen LogP contribution >= 0.6 is 11.8 Å². The van der Waals surface area contributed by atoms with Crippen molar-refractivity contribution in [1.82, 2.24) is 5.32 Å². The lowest BCUT2D eigenvalue weighted by atomic mass is 9.78. The van der Waals surface area contributed by atoms with Crippen molar-refractivity contribution in [3.8, 4) is 11.5 Å². The lowest BCUT2D eigenvalue weighted by Crippen LogP contribution is -2.43. The van der Waals surface area contributed by atoms with Crippen LogP contribution in [0.15, 0.2) is 46.2 Å². The molecular weight excluding hydrogens is 436 g/mol. The van der Waals surface area contributed by atoms with Gasteiger partial charge in [0.25, 0.3) is 11.8 Å². The molecule has 0 spiro atoms. The summed E-state index contributed by atoms with van der Waals surface area (Å²) in [4.78, 5) is 27.1. The number of carbonyl (C=O) groups excluding carboxylic acids is 2. The Morgan fingerprint density at radius 2 is 1.88 bits per heavy atom. The Kier molecular flexibility index (Phi) is 6.98. The third-order valence-electron chi connectivity index (χ3n) is 6.66. The molecule has 6 nitrogen and oxygen atoms in total. The van der Waals surface area contributed by atoms with E-state index in [2.05, 4.69) is 24.5 Å². The number of thioether (sulfide) groups is 1. The molecule has 0 saturated heterocycles. The smallest absolute Gasteiger partial charge is 0.262 e. The van der Waals surface area contributed by atoms with Gasteiger partial charge < -0.3 is 20.1 Å². The van der Waals surface area contributed by atoms with Gasteiger partial charge in [0.2, 0.25) is 0 Å². The standard InChI is InChI=1S/C26H30N2O4S/c1-15-6-5-7-19(16(15)2)27-25(29)18-9-11-23-20(14-18)28-26(30)24(33-23)13-17-8-10-21(31-3)22(12-17)32-4/h8-16,19H,5-7H2,1-4H3,(H,27,29)(H,28,30). The van der Waals surface area contributed by atoms with E-state index in [0.29, 0.717) is 39.5 Å². The van der Waals surface area contributed by atoms with Crippen LogP contribution in [0.3, 0.4) is 0 Å². The van der Waals surface area contributed by atoms with Crippen LogP contribution in [0, 0.1) is 11.8 Å². The third-order valence-corrected chi connectivity index (χ3v) is 7.76. The SMILES string of the molecule is COc1ccc(C=C2Sc3ccc(C(=O)NC4CCCC(C)C4C)cc3NC2=O)cc1OC. The van der Waals surface area contributed by atoms with Crippen LogP contribution in [0.4, 0.5) is 5.69 Å². The van der Waals surface area contributed by atoms with Crippen LogP contribution in [0.2, 0.25) is 0 Å². The van der Waals surface area contributed by atoms with Gasteiger partial charge in [0, 0.05) is 16.5 Å². The lowest BCUT2D eigenvalue weighted by Gasteiger charge is -2.34. The molecule has 2 aromatic rings. The van der Waals surface area contributed by atoms with Gasteiger partial charge in [-0.2, -0.15) is 0 Å². The number of fused-ring (bicyclic) bond motifs is 1. The molecule has 7 heteroatoms. The molecule has 2 N–H and O–H groups in total. The highest BCUT2D eigenvalue weighted by Crippen LogP contribution is 2.40. The number of rotatable bonds is 5. The Morgan fingerprint density at radius 3 is 2.64 bits per heavy atom. The summed E-state index contributed by atoms with van der Waals surface area (Å²) in [6, 6.07) is 11.2. The molecule has 1 saturated carbocycles. The van der Waals surface area contributed by atoms with Crippen LogP contribution in [0.1, 0.15) is 49.0 Å². The van der Waals surface area contributed by atoms with E-state index in [1.165, 1.54) is 18.2 Å². The topological polar surface area (TPSA) is 76.7 Å². The largest absolute Gasteiger partial charge is 0.493 e. The lowest BCUT2D eigenvalue weighted by molar-refractivity contribution is -0.112. The molecule has 0 bridgehead atoms. The predicted molar refractivity (Wildman–Crippen MR) is 132 cm³/mol. The number of carbonyl (C=O) groups is 2. The second-order valence-corrected chi connectivity index (χ2v) is 9.82. The minimum absolute atomic E-state index is 0.0883. The number of amides is 2. The van der Waals surface area contributed by atoms with Crippen LogP contribution in [-0.2, 0) is 4.79 Å². The van der Waals surface area contributed by atoms with Crippen molar-refractivity contribution in [3.63, 3.8) is 0 Å². The Balaban J connectivity index is 1.50. The highest BCUT2D eigenvalue weighted by molar-refractivity contribution is 8.04. The van der Waals surface area contributed by atoms with E-state index in [0.717, 1.165) is 23.3 Å². The molecular formula is C26H30N2O4S. The summed E-state index contributed by atoms with van der Waals surface area (Å²) < 4.78 is 10.6. The Labute approximate surface area is 199 Å². The predicted octanol–water partition coefficient (Wildman–Crippen LogP) is 5.34. The molecule has 1 fully saturated rings. The average Bonchev–Trinajstić information content (AvgIpc) is 2.82. The Bertz CT molecular complexity index is 1100. The summed E-state index contributed by atoms with van der Waals surface area (Å²) in [5.74, 6) is 2.02. The molecule has 174 valence electrons. The number of anilines is 1. The fourth-order valence-corrected chi connectivity index (χ4v) is 5.36. The first-order valence-electron chi connectivity index (χ1n) is 11.3. The van der Waals surface area contributed by atoms with Crippen molar-refractivity contribution >= 4 is 35.3 Å². The van der Waals surface area contributed by atoms with Gasteiger partial charge in [-0.1, -0.05) is 44.5 Å². The maximum atomic E-state index is 12.9. The number of nitrogens with one attached hydrogen (secondary N) is 2. The third kappa shape index (κ3) is 5.03. The van der Waals surface area contributed by atoms with E-state index in [4.69, 9.17) is 9.47 Å². The monoisotopic (exact) mass is 466 g/mol. The van der Waals surface area contributed by atoms with Gasteiger partial charge in [0.05, 0.1) is 24.8 Å². The average molecular weight is 467 g/mol. The zero-order valence-corrected chi connectivity index (χ0v) is 20.3. The van der Waals surface area contributed by atoms with E-state index in [1.807, 2.05) is 36.4 Å². The summed E-state index contributed by atoms with van der Waals surface area (Å²) in [7, 11) is 3.17. The molecule has 0 aromatic heterocycles. The van der Waals surface area contributed by atoms with E-state index >= 15 is 0 Å². The minimum atomic E-state index is -0.199. The molecule has 0 radical (unpaired) electrons. The summed E-state index contributed by atoms with van der Waals surface area (Å²) >= 11 is 1.39. The molecule has 2 aromatic carbocycles. The number of methoxy groups -OCH3 is 2.